The number of nitrogens with zero attached hydrogens (tertiary/aromatic N) is 2. The predicted molar refractivity (Wildman–Crippen MR) is 97.6 cm³/mol. The Morgan fingerprint density at radius 2 is 2.12 bits per heavy atom. The fourth-order valence-electron chi connectivity index (χ4n) is 2.00. The normalized spacial score (nSPS) is 11.6. The van der Waals surface area contributed by atoms with E-state index in [0.717, 1.165) is 5.69 Å². The number of hydrogen-bond donors (Lipinski definition) is 3. The monoisotopic (exact) mass is 384 g/mol. The summed E-state index contributed by atoms with van der Waals surface area (Å²) >= 11 is 17.3. The van der Waals surface area contributed by atoms with Crippen molar-refractivity contribution in [1.82, 2.24) is 15.3 Å². The summed E-state index contributed by atoms with van der Waals surface area (Å²) in [5.74, 6) is -0.670. The highest BCUT2D eigenvalue weighted by molar-refractivity contribution is 7.80. The van der Waals surface area contributed by atoms with Crippen molar-refractivity contribution in [3.63, 3.8) is 0 Å². The quantitative estimate of drug-likeness (QED) is 0.678. The molecule has 1 atom stereocenters. The number of benzene rings is 1. The number of carboxylic acid groups (broad SMARTS) is 1. The first-order valence-corrected chi connectivity index (χ1v) is 8.05. The van der Waals surface area contributed by atoms with Gasteiger partial charge in [-0.15, -0.1) is 0 Å². The summed E-state index contributed by atoms with van der Waals surface area (Å²) in [5.41, 5.74) is 1.36. The minimum Gasteiger partial charge on any atom is -0.481 e. The summed E-state index contributed by atoms with van der Waals surface area (Å²) < 4.78 is 0. The van der Waals surface area contributed by atoms with Crippen molar-refractivity contribution in [2.75, 3.05) is 5.32 Å². The van der Waals surface area contributed by atoms with Crippen molar-refractivity contribution in [2.24, 2.45) is 0 Å². The van der Waals surface area contributed by atoms with Gasteiger partial charge in [0, 0.05) is 21.9 Å². The van der Waals surface area contributed by atoms with E-state index in [-0.39, 0.29) is 11.5 Å². The number of carbonyl (C=O) groups is 1. The third kappa shape index (κ3) is 5.30. The first kappa shape index (κ1) is 18.4. The number of rotatable bonds is 5. The molecule has 1 unspecified atom stereocenters. The Bertz CT molecular complexity index is 773. The Morgan fingerprint density at radius 3 is 2.75 bits per heavy atom. The lowest BCUT2D eigenvalue weighted by Gasteiger charge is -2.20. The molecular formula is C15H14Cl2N4O2S. The van der Waals surface area contributed by atoms with Gasteiger partial charge < -0.3 is 15.7 Å². The molecule has 6 nitrogen and oxygen atoms in total. The zero-order valence-electron chi connectivity index (χ0n) is 12.6. The first-order chi connectivity index (χ1) is 11.3. The van der Waals surface area contributed by atoms with Crippen molar-refractivity contribution in [1.29, 1.82) is 0 Å². The van der Waals surface area contributed by atoms with Crippen molar-refractivity contribution in [3.8, 4) is 0 Å². The smallest absolute Gasteiger partial charge is 0.305 e. The van der Waals surface area contributed by atoms with Gasteiger partial charge in [0.1, 0.15) is 0 Å². The molecule has 0 aliphatic rings. The highest BCUT2D eigenvalue weighted by Crippen LogP contribution is 2.28. The van der Waals surface area contributed by atoms with E-state index >= 15 is 0 Å². The molecular weight excluding hydrogens is 371 g/mol. The van der Waals surface area contributed by atoms with Gasteiger partial charge in [0.2, 0.25) is 5.95 Å². The highest BCUT2D eigenvalue weighted by Gasteiger charge is 2.19. The molecule has 1 heterocycles. The topological polar surface area (TPSA) is 87.1 Å². The summed E-state index contributed by atoms with van der Waals surface area (Å²) in [6.07, 6.45) is 1.38. The summed E-state index contributed by atoms with van der Waals surface area (Å²) in [5, 5.41) is 15.9. The number of thiocarbonyl (C=S) groups is 1. The SMILES string of the molecule is Cc1ccnc(NC(=S)NC(CC(=O)O)c2ccc(Cl)cc2Cl)n1. The lowest BCUT2D eigenvalue weighted by molar-refractivity contribution is -0.137. The van der Waals surface area contributed by atoms with Gasteiger partial charge in [0.05, 0.1) is 12.5 Å². The molecule has 3 N–H and O–H groups in total. The second kappa shape index (κ2) is 8.23. The average Bonchev–Trinajstić information content (AvgIpc) is 2.46. The van der Waals surface area contributed by atoms with Crippen molar-refractivity contribution < 1.29 is 9.90 Å². The summed E-state index contributed by atoms with van der Waals surface area (Å²) in [4.78, 5) is 19.4. The van der Waals surface area contributed by atoms with Gasteiger partial charge in [-0.05, 0) is 42.9 Å². The Kier molecular flexibility index (Phi) is 6.30. The molecule has 2 aromatic rings. The maximum Gasteiger partial charge on any atom is 0.305 e. The number of hydrogen-bond acceptors (Lipinski definition) is 4. The molecule has 0 saturated heterocycles. The molecule has 24 heavy (non-hydrogen) atoms. The molecule has 0 bridgehead atoms. The molecule has 0 saturated carbocycles. The number of aromatic nitrogens is 2. The van der Waals surface area contributed by atoms with Crippen molar-refractivity contribution >= 4 is 52.4 Å². The highest BCUT2D eigenvalue weighted by atomic mass is 35.5. The first-order valence-electron chi connectivity index (χ1n) is 6.89. The fraction of sp³-hybridized carbons (Fsp3) is 0.200. The number of aryl methyl sites for hydroxylation is 1. The second-order valence-electron chi connectivity index (χ2n) is 4.94. The van der Waals surface area contributed by atoms with Crippen LogP contribution in [-0.2, 0) is 4.79 Å². The van der Waals surface area contributed by atoms with Crippen LogP contribution in [0.15, 0.2) is 30.5 Å². The standard InChI is InChI=1S/C15H14Cl2N4O2S/c1-8-4-5-18-14(19-8)21-15(24)20-12(7-13(22)23)10-3-2-9(16)6-11(10)17/h2-6,12H,7H2,1H3,(H,22,23)(H2,18,19,20,21,24). The zero-order chi connectivity index (χ0) is 17.7. The summed E-state index contributed by atoms with van der Waals surface area (Å²) in [6, 6.07) is 5.98. The maximum absolute atomic E-state index is 11.1. The fourth-order valence-corrected chi connectivity index (χ4v) is 2.78. The number of nitrogens with one attached hydrogen (secondary N) is 2. The van der Waals surface area contributed by atoms with Gasteiger partial charge in [0.15, 0.2) is 5.11 Å². The zero-order valence-corrected chi connectivity index (χ0v) is 14.9. The summed E-state index contributed by atoms with van der Waals surface area (Å²) in [6.45, 7) is 1.82. The maximum atomic E-state index is 11.1. The molecule has 9 heteroatoms. The Morgan fingerprint density at radius 1 is 1.38 bits per heavy atom. The van der Waals surface area contributed by atoms with Crippen LogP contribution in [0.4, 0.5) is 5.95 Å². The Labute approximate surface area is 154 Å². The molecule has 1 aromatic carbocycles. The molecule has 0 fully saturated rings. The predicted octanol–water partition coefficient (Wildman–Crippen LogP) is 3.59. The van der Waals surface area contributed by atoms with Crippen LogP contribution in [0.5, 0.6) is 0 Å². The van der Waals surface area contributed by atoms with Crippen LogP contribution >= 0.6 is 35.4 Å². The van der Waals surface area contributed by atoms with E-state index in [9.17, 15) is 4.79 Å². The van der Waals surface area contributed by atoms with Gasteiger partial charge in [-0.1, -0.05) is 29.3 Å². The van der Waals surface area contributed by atoms with Crippen LogP contribution in [0.1, 0.15) is 23.7 Å². The van der Waals surface area contributed by atoms with Gasteiger partial charge in [-0.2, -0.15) is 0 Å². The Balaban J connectivity index is 2.16. The molecule has 1 aromatic heterocycles. The van der Waals surface area contributed by atoms with Gasteiger partial charge >= 0.3 is 5.97 Å². The number of anilines is 1. The summed E-state index contributed by atoms with van der Waals surface area (Å²) in [7, 11) is 0. The van der Waals surface area contributed by atoms with Crippen molar-refractivity contribution in [3.05, 3.63) is 51.8 Å². The molecule has 2 rings (SSSR count). The third-order valence-electron chi connectivity index (χ3n) is 3.04. The molecule has 0 amide bonds. The van der Waals surface area contributed by atoms with E-state index in [1.54, 1.807) is 30.5 Å². The van der Waals surface area contributed by atoms with Gasteiger partial charge in [-0.25, -0.2) is 9.97 Å². The number of carboxylic acids is 1. The van der Waals surface area contributed by atoms with Crippen LogP contribution in [-0.4, -0.2) is 26.2 Å². The van der Waals surface area contributed by atoms with E-state index < -0.39 is 12.0 Å². The van der Waals surface area contributed by atoms with Gasteiger partial charge in [-0.3, -0.25) is 4.79 Å². The third-order valence-corrected chi connectivity index (χ3v) is 3.82. The molecule has 0 radical (unpaired) electrons. The van der Waals surface area contributed by atoms with Crippen LogP contribution in [0.25, 0.3) is 0 Å². The van der Waals surface area contributed by atoms with Crippen LogP contribution in [0, 0.1) is 6.92 Å². The van der Waals surface area contributed by atoms with E-state index in [0.29, 0.717) is 21.6 Å². The molecule has 126 valence electrons. The van der Waals surface area contributed by atoms with Crippen LogP contribution < -0.4 is 10.6 Å². The van der Waals surface area contributed by atoms with Crippen LogP contribution in [0.2, 0.25) is 10.0 Å². The molecule has 0 spiro atoms. The van der Waals surface area contributed by atoms with E-state index in [1.807, 2.05) is 6.92 Å². The minimum absolute atomic E-state index is 0.192. The van der Waals surface area contributed by atoms with Crippen LogP contribution in [0.3, 0.4) is 0 Å². The van der Waals surface area contributed by atoms with Crippen molar-refractivity contribution in [2.45, 2.75) is 19.4 Å². The number of halogens is 2. The van der Waals surface area contributed by atoms with Gasteiger partial charge in [0.25, 0.3) is 0 Å². The van der Waals surface area contributed by atoms with E-state index in [2.05, 4.69) is 20.6 Å². The number of aliphatic carboxylic acids is 1. The molecule has 0 aliphatic carbocycles. The largest absolute Gasteiger partial charge is 0.481 e. The molecule has 0 aliphatic heterocycles. The average molecular weight is 385 g/mol. The lowest BCUT2D eigenvalue weighted by Crippen LogP contribution is -2.34. The lowest BCUT2D eigenvalue weighted by atomic mass is 10.0. The van der Waals surface area contributed by atoms with E-state index in [4.69, 9.17) is 40.5 Å². The Hall–Kier alpha value is -1.96. The minimum atomic E-state index is -0.992. The van der Waals surface area contributed by atoms with E-state index in [1.165, 1.54) is 0 Å². The second-order valence-corrected chi connectivity index (χ2v) is 6.19.